The van der Waals surface area contributed by atoms with Crippen molar-refractivity contribution in [1.82, 2.24) is 0 Å². The summed E-state index contributed by atoms with van der Waals surface area (Å²) >= 11 is 0. The lowest BCUT2D eigenvalue weighted by Gasteiger charge is -2.05. The highest BCUT2D eigenvalue weighted by Crippen LogP contribution is 2.34. The van der Waals surface area contributed by atoms with Crippen molar-refractivity contribution in [2.75, 3.05) is 0 Å². The summed E-state index contributed by atoms with van der Waals surface area (Å²) < 4.78 is 0. The van der Waals surface area contributed by atoms with Crippen LogP contribution in [0.1, 0.15) is 16.7 Å². The molecular formula is C11H6N2O4. The van der Waals surface area contributed by atoms with E-state index in [4.69, 9.17) is 15.6 Å². The molecule has 0 aromatic heterocycles. The molecular weight excluding hydrogens is 224 g/mol. The van der Waals surface area contributed by atoms with Crippen LogP contribution in [0.25, 0.3) is 6.08 Å². The van der Waals surface area contributed by atoms with E-state index in [2.05, 4.69) is 0 Å². The highest BCUT2D eigenvalue weighted by atomic mass is 16.4. The van der Waals surface area contributed by atoms with E-state index in [1.54, 1.807) is 12.1 Å². The molecule has 0 amide bonds. The summed E-state index contributed by atoms with van der Waals surface area (Å²) in [6.45, 7) is 0. The fraction of sp³-hybridized carbons (Fsp3) is 0. The highest BCUT2D eigenvalue weighted by molar-refractivity contribution is 5.87. The molecule has 0 spiro atoms. The summed E-state index contributed by atoms with van der Waals surface area (Å²) in [4.78, 5) is 10.4. The Balaban J connectivity index is 3.57. The van der Waals surface area contributed by atoms with Gasteiger partial charge in [0.1, 0.15) is 11.6 Å². The van der Waals surface area contributed by atoms with Crippen molar-refractivity contribution in [3.05, 3.63) is 28.8 Å². The summed E-state index contributed by atoms with van der Waals surface area (Å²) in [5.41, 5.74) is -0.499. The minimum atomic E-state index is -1.26. The molecule has 84 valence electrons. The smallest absolute Gasteiger partial charge is 0.328 e. The monoisotopic (exact) mass is 230 g/mol. The molecule has 1 aromatic carbocycles. The lowest BCUT2D eigenvalue weighted by molar-refractivity contribution is -0.131. The van der Waals surface area contributed by atoms with E-state index in [9.17, 15) is 15.0 Å². The van der Waals surface area contributed by atoms with Crippen molar-refractivity contribution in [3.63, 3.8) is 0 Å². The van der Waals surface area contributed by atoms with Crippen LogP contribution in [-0.4, -0.2) is 21.3 Å². The first kappa shape index (κ1) is 12.1. The lowest BCUT2D eigenvalue weighted by Crippen LogP contribution is -1.92. The van der Waals surface area contributed by atoms with Gasteiger partial charge in [0.25, 0.3) is 0 Å². The summed E-state index contributed by atoms with van der Waals surface area (Å²) in [5, 5.41) is 44.7. The van der Waals surface area contributed by atoms with Crippen LogP contribution in [0.5, 0.6) is 11.5 Å². The predicted octanol–water partition coefficient (Wildman–Crippen LogP) is 0.939. The van der Waals surface area contributed by atoms with E-state index in [0.29, 0.717) is 0 Å². The summed E-state index contributed by atoms with van der Waals surface area (Å²) in [6, 6.07) is 4.25. The van der Waals surface area contributed by atoms with E-state index in [-0.39, 0.29) is 16.7 Å². The number of nitrogens with zero attached hydrogens (tertiary/aromatic N) is 2. The van der Waals surface area contributed by atoms with Gasteiger partial charge in [-0.3, -0.25) is 0 Å². The second kappa shape index (κ2) is 4.69. The predicted molar refractivity (Wildman–Crippen MR) is 55.9 cm³/mol. The molecule has 6 heteroatoms. The number of nitriles is 2. The zero-order chi connectivity index (χ0) is 13.0. The van der Waals surface area contributed by atoms with E-state index in [1.165, 1.54) is 0 Å². The van der Waals surface area contributed by atoms with Crippen LogP contribution >= 0.6 is 0 Å². The standard InChI is InChI=1S/C11H6N2O4/c12-4-6-3-9(14)11(17)8(5-13)7(6)1-2-10(15)16/h1-3,14,17H,(H,15,16)/b2-1+. The molecule has 0 radical (unpaired) electrons. The van der Waals surface area contributed by atoms with Gasteiger partial charge >= 0.3 is 5.97 Å². The molecule has 0 fully saturated rings. The van der Waals surface area contributed by atoms with Crippen LogP contribution in [0, 0.1) is 22.7 Å². The summed E-state index contributed by atoms with van der Waals surface area (Å²) in [5.74, 6) is -2.55. The Bertz CT molecular complexity index is 591. The number of benzene rings is 1. The summed E-state index contributed by atoms with van der Waals surface area (Å²) in [7, 11) is 0. The van der Waals surface area contributed by atoms with Gasteiger partial charge < -0.3 is 15.3 Å². The largest absolute Gasteiger partial charge is 0.504 e. The number of rotatable bonds is 2. The van der Waals surface area contributed by atoms with Gasteiger partial charge in [0, 0.05) is 17.7 Å². The molecule has 17 heavy (non-hydrogen) atoms. The number of hydrogen-bond acceptors (Lipinski definition) is 5. The molecule has 0 aliphatic heterocycles. The maximum absolute atomic E-state index is 10.4. The van der Waals surface area contributed by atoms with Gasteiger partial charge in [0.15, 0.2) is 11.5 Å². The van der Waals surface area contributed by atoms with Gasteiger partial charge in [-0.05, 0) is 6.08 Å². The molecule has 6 nitrogen and oxygen atoms in total. The number of aliphatic carboxylic acids is 1. The van der Waals surface area contributed by atoms with Crippen LogP contribution in [0.4, 0.5) is 0 Å². The first-order chi connectivity index (χ1) is 8.01. The SMILES string of the molecule is N#Cc1cc(O)c(O)c(C#N)c1/C=C/C(=O)O. The Morgan fingerprint density at radius 2 is 1.94 bits per heavy atom. The molecule has 3 N–H and O–H groups in total. The van der Waals surface area contributed by atoms with Crippen LogP contribution in [0.3, 0.4) is 0 Å². The molecule has 0 saturated carbocycles. The number of aromatic hydroxyl groups is 2. The second-order valence-electron chi connectivity index (χ2n) is 2.98. The quantitative estimate of drug-likeness (QED) is 0.512. The maximum atomic E-state index is 10.4. The van der Waals surface area contributed by atoms with Gasteiger partial charge in [0.2, 0.25) is 0 Å². The Hall–Kier alpha value is -2.99. The number of carbonyl (C=O) groups is 1. The second-order valence-corrected chi connectivity index (χ2v) is 2.98. The van der Waals surface area contributed by atoms with Crippen molar-refractivity contribution < 1.29 is 20.1 Å². The first-order valence-corrected chi connectivity index (χ1v) is 4.31. The van der Waals surface area contributed by atoms with Gasteiger partial charge in [-0.25, -0.2) is 4.79 Å². The maximum Gasteiger partial charge on any atom is 0.328 e. The van der Waals surface area contributed by atoms with Gasteiger partial charge in [-0.15, -0.1) is 0 Å². The van der Waals surface area contributed by atoms with Crippen LogP contribution < -0.4 is 0 Å². The average Bonchev–Trinajstić information content (AvgIpc) is 2.29. The Morgan fingerprint density at radius 1 is 1.29 bits per heavy atom. The fourth-order valence-electron chi connectivity index (χ4n) is 1.21. The summed E-state index contributed by atoms with van der Waals surface area (Å²) in [6.07, 6.45) is 1.74. The van der Waals surface area contributed by atoms with Crippen molar-refractivity contribution in [3.8, 4) is 23.6 Å². The Labute approximate surface area is 95.9 Å². The minimum Gasteiger partial charge on any atom is -0.504 e. The molecule has 0 saturated heterocycles. The molecule has 0 aliphatic rings. The molecule has 0 heterocycles. The van der Waals surface area contributed by atoms with E-state index in [1.807, 2.05) is 0 Å². The first-order valence-electron chi connectivity index (χ1n) is 4.31. The van der Waals surface area contributed by atoms with Crippen molar-refractivity contribution >= 4 is 12.0 Å². The molecule has 0 unspecified atom stereocenters. The van der Waals surface area contributed by atoms with Crippen molar-refractivity contribution in [2.24, 2.45) is 0 Å². The Kier molecular flexibility index (Phi) is 3.33. The van der Waals surface area contributed by atoms with Gasteiger partial charge in [-0.2, -0.15) is 10.5 Å². The zero-order valence-electron chi connectivity index (χ0n) is 8.38. The molecule has 0 aliphatic carbocycles. The van der Waals surface area contributed by atoms with Crippen LogP contribution in [0.15, 0.2) is 12.1 Å². The molecule has 0 bridgehead atoms. The molecule has 1 aromatic rings. The van der Waals surface area contributed by atoms with Gasteiger partial charge in [0.05, 0.1) is 11.6 Å². The third kappa shape index (κ3) is 2.33. The number of carboxylic acids is 1. The number of phenols is 2. The fourth-order valence-corrected chi connectivity index (χ4v) is 1.21. The Morgan fingerprint density at radius 3 is 2.41 bits per heavy atom. The van der Waals surface area contributed by atoms with Crippen LogP contribution in [0.2, 0.25) is 0 Å². The van der Waals surface area contributed by atoms with Crippen molar-refractivity contribution in [1.29, 1.82) is 10.5 Å². The lowest BCUT2D eigenvalue weighted by atomic mass is 10.00. The number of phenolic OH excluding ortho intramolecular Hbond substituents is 2. The number of hydrogen-bond donors (Lipinski definition) is 3. The number of carboxylic acid groups (broad SMARTS) is 1. The van der Waals surface area contributed by atoms with Crippen LogP contribution in [-0.2, 0) is 4.79 Å². The van der Waals surface area contributed by atoms with E-state index in [0.717, 1.165) is 18.2 Å². The average molecular weight is 230 g/mol. The van der Waals surface area contributed by atoms with Gasteiger partial charge in [-0.1, -0.05) is 0 Å². The van der Waals surface area contributed by atoms with Crippen molar-refractivity contribution in [2.45, 2.75) is 0 Å². The molecule has 1 rings (SSSR count). The van der Waals surface area contributed by atoms with E-state index >= 15 is 0 Å². The third-order valence-corrected chi connectivity index (χ3v) is 1.94. The highest BCUT2D eigenvalue weighted by Gasteiger charge is 2.15. The molecule has 0 atom stereocenters. The van der Waals surface area contributed by atoms with E-state index < -0.39 is 17.5 Å². The minimum absolute atomic E-state index is 0.0484. The normalized spacial score (nSPS) is 9.76. The topological polar surface area (TPSA) is 125 Å². The third-order valence-electron chi connectivity index (χ3n) is 1.94. The zero-order valence-corrected chi connectivity index (χ0v) is 8.38.